The summed E-state index contributed by atoms with van der Waals surface area (Å²) in [6.07, 6.45) is 0. The molecule has 72 valence electrons. The number of thioether (sulfide) groups is 1. The lowest BCUT2D eigenvalue weighted by Crippen LogP contribution is -1.91. The molecule has 0 fully saturated rings. The van der Waals surface area contributed by atoms with E-state index in [0.29, 0.717) is 0 Å². The van der Waals surface area contributed by atoms with Crippen molar-refractivity contribution in [3.63, 3.8) is 0 Å². The Bertz CT molecular complexity index is 404. The van der Waals surface area contributed by atoms with Gasteiger partial charge in [-0.25, -0.2) is 4.39 Å². The summed E-state index contributed by atoms with van der Waals surface area (Å²) in [6, 6.07) is 6.57. The van der Waals surface area contributed by atoms with Crippen molar-refractivity contribution >= 4 is 33.7 Å². The maximum absolute atomic E-state index is 12.7. The first kappa shape index (κ1) is 9.87. The van der Waals surface area contributed by atoms with Crippen molar-refractivity contribution in [1.29, 1.82) is 0 Å². The molecule has 0 amide bonds. The van der Waals surface area contributed by atoms with Crippen LogP contribution in [0.2, 0.25) is 0 Å². The van der Waals surface area contributed by atoms with Gasteiger partial charge >= 0.3 is 0 Å². The number of rotatable bonds is 1. The SMILES string of the molecule is CC1=C(c2ccc(F)cc2)SCC1=S. The third-order valence-electron chi connectivity index (χ3n) is 2.21. The normalized spacial score (nSPS) is 16.6. The van der Waals surface area contributed by atoms with Gasteiger partial charge in [-0.2, -0.15) is 0 Å². The molecule has 1 aliphatic heterocycles. The summed E-state index contributed by atoms with van der Waals surface area (Å²) < 4.78 is 12.7. The van der Waals surface area contributed by atoms with Crippen molar-refractivity contribution in [3.05, 3.63) is 41.2 Å². The highest BCUT2D eigenvalue weighted by Gasteiger charge is 2.17. The Hall–Kier alpha value is -0.670. The smallest absolute Gasteiger partial charge is 0.123 e. The Morgan fingerprint density at radius 2 is 1.93 bits per heavy atom. The van der Waals surface area contributed by atoms with Gasteiger partial charge in [0, 0.05) is 15.5 Å². The van der Waals surface area contributed by atoms with Crippen molar-refractivity contribution in [3.8, 4) is 0 Å². The van der Waals surface area contributed by atoms with Crippen LogP contribution in [0.15, 0.2) is 29.8 Å². The molecule has 0 spiro atoms. The van der Waals surface area contributed by atoms with E-state index in [0.717, 1.165) is 21.8 Å². The van der Waals surface area contributed by atoms with E-state index in [9.17, 15) is 4.39 Å². The molecule has 0 bridgehead atoms. The first-order valence-electron chi connectivity index (χ1n) is 4.31. The molecule has 14 heavy (non-hydrogen) atoms. The Kier molecular flexibility index (Phi) is 2.70. The van der Waals surface area contributed by atoms with E-state index >= 15 is 0 Å². The highest BCUT2D eigenvalue weighted by Crippen LogP contribution is 2.37. The van der Waals surface area contributed by atoms with Crippen LogP contribution in [0, 0.1) is 5.82 Å². The molecule has 1 aromatic rings. The molecule has 0 aromatic heterocycles. The van der Waals surface area contributed by atoms with Crippen molar-refractivity contribution in [2.45, 2.75) is 6.92 Å². The molecular formula is C11H9FS2. The lowest BCUT2D eigenvalue weighted by molar-refractivity contribution is 0.627. The molecule has 1 heterocycles. The first-order valence-corrected chi connectivity index (χ1v) is 5.70. The zero-order chi connectivity index (χ0) is 10.1. The second kappa shape index (κ2) is 3.83. The van der Waals surface area contributed by atoms with E-state index in [1.165, 1.54) is 17.0 Å². The Morgan fingerprint density at radius 3 is 2.43 bits per heavy atom. The zero-order valence-electron chi connectivity index (χ0n) is 7.71. The van der Waals surface area contributed by atoms with Crippen LogP contribution >= 0.6 is 24.0 Å². The van der Waals surface area contributed by atoms with Crippen molar-refractivity contribution in [2.75, 3.05) is 5.75 Å². The minimum Gasteiger partial charge on any atom is -0.207 e. The van der Waals surface area contributed by atoms with Crippen LogP contribution in [0.25, 0.3) is 4.91 Å². The van der Waals surface area contributed by atoms with Crippen LogP contribution in [-0.4, -0.2) is 10.6 Å². The van der Waals surface area contributed by atoms with Gasteiger partial charge < -0.3 is 0 Å². The molecule has 3 heteroatoms. The van der Waals surface area contributed by atoms with Crippen molar-refractivity contribution < 1.29 is 4.39 Å². The predicted molar refractivity (Wildman–Crippen MR) is 64.1 cm³/mol. The maximum atomic E-state index is 12.7. The largest absolute Gasteiger partial charge is 0.207 e. The fourth-order valence-electron chi connectivity index (χ4n) is 1.38. The second-order valence-corrected chi connectivity index (χ2v) is 4.65. The van der Waals surface area contributed by atoms with E-state index in [1.54, 1.807) is 23.9 Å². The molecule has 0 atom stereocenters. The summed E-state index contributed by atoms with van der Waals surface area (Å²) in [4.78, 5) is 2.20. The molecule has 1 aliphatic rings. The van der Waals surface area contributed by atoms with E-state index in [-0.39, 0.29) is 5.82 Å². The van der Waals surface area contributed by atoms with Crippen molar-refractivity contribution in [2.24, 2.45) is 0 Å². The molecule has 0 N–H and O–H groups in total. The van der Waals surface area contributed by atoms with Gasteiger partial charge in [0.1, 0.15) is 5.82 Å². The van der Waals surface area contributed by atoms with Gasteiger partial charge in [0.25, 0.3) is 0 Å². The monoisotopic (exact) mass is 224 g/mol. The van der Waals surface area contributed by atoms with Crippen LogP contribution in [0.5, 0.6) is 0 Å². The predicted octanol–water partition coefficient (Wildman–Crippen LogP) is 3.67. The third kappa shape index (κ3) is 1.74. The summed E-state index contributed by atoms with van der Waals surface area (Å²) in [7, 11) is 0. The van der Waals surface area contributed by atoms with Gasteiger partial charge in [0.15, 0.2) is 0 Å². The fourth-order valence-corrected chi connectivity index (χ4v) is 2.86. The highest BCUT2D eigenvalue weighted by molar-refractivity contribution is 8.10. The van der Waals surface area contributed by atoms with Crippen LogP contribution in [0.3, 0.4) is 0 Å². The number of thiocarbonyl (C=S) groups is 1. The van der Waals surface area contributed by atoms with Gasteiger partial charge in [-0.1, -0.05) is 24.4 Å². The molecule has 1 aromatic carbocycles. The van der Waals surface area contributed by atoms with Crippen LogP contribution in [0.4, 0.5) is 4.39 Å². The molecule has 0 radical (unpaired) electrons. The van der Waals surface area contributed by atoms with E-state index in [4.69, 9.17) is 12.2 Å². The fraction of sp³-hybridized carbons (Fsp3) is 0.182. The zero-order valence-corrected chi connectivity index (χ0v) is 9.34. The van der Waals surface area contributed by atoms with Crippen LogP contribution in [-0.2, 0) is 0 Å². The molecule has 2 rings (SSSR count). The topological polar surface area (TPSA) is 0 Å². The van der Waals surface area contributed by atoms with E-state index in [2.05, 4.69) is 0 Å². The summed E-state index contributed by atoms with van der Waals surface area (Å²) in [6.45, 7) is 2.03. The quantitative estimate of drug-likeness (QED) is 0.667. The van der Waals surface area contributed by atoms with Crippen LogP contribution < -0.4 is 0 Å². The summed E-state index contributed by atoms with van der Waals surface area (Å²) in [5.41, 5.74) is 2.23. The second-order valence-electron chi connectivity index (χ2n) is 3.17. The molecule has 0 nitrogen and oxygen atoms in total. The summed E-state index contributed by atoms with van der Waals surface area (Å²) in [5.74, 6) is 0.686. The Labute approximate surface area is 92.2 Å². The molecular weight excluding hydrogens is 215 g/mol. The Morgan fingerprint density at radius 1 is 1.29 bits per heavy atom. The maximum Gasteiger partial charge on any atom is 0.123 e. The number of hydrogen-bond donors (Lipinski definition) is 0. The molecule has 0 unspecified atom stereocenters. The van der Waals surface area contributed by atoms with Gasteiger partial charge in [-0.05, 0) is 30.2 Å². The summed E-state index contributed by atoms with van der Waals surface area (Å²) in [5, 5.41) is 0. The van der Waals surface area contributed by atoms with Gasteiger partial charge in [0.05, 0.1) is 0 Å². The molecule has 0 saturated heterocycles. The van der Waals surface area contributed by atoms with Gasteiger partial charge in [-0.15, -0.1) is 11.8 Å². The lowest BCUT2D eigenvalue weighted by atomic mass is 10.1. The average molecular weight is 224 g/mol. The molecule has 0 aliphatic carbocycles. The van der Waals surface area contributed by atoms with Gasteiger partial charge in [-0.3, -0.25) is 0 Å². The van der Waals surface area contributed by atoms with Crippen LogP contribution in [0.1, 0.15) is 12.5 Å². The molecule has 0 saturated carbocycles. The van der Waals surface area contributed by atoms with Gasteiger partial charge in [0.2, 0.25) is 0 Å². The standard InChI is InChI=1S/C11H9FS2/c1-7-10(13)6-14-11(7)8-2-4-9(12)5-3-8/h2-5H,6H2,1H3. The number of allylic oxidation sites excluding steroid dienone is 1. The number of halogens is 1. The number of hydrogen-bond acceptors (Lipinski definition) is 2. The minimum absolute atomic E-state index is 0.197. The highest BCUT2D eigenvalue weighted by atomic mass is 32.2. The first-order chi connectivity index (χ1) is 6.68. The van der Waals surface area contributed by atoms with Crippen molar-refractivity contribution in [1.82, 2.24) is 0 Å². The van der Waals surface area contributed by atoms with E-state index < -0.39 is 0 Å². The minimum atomic E-state index is -0.197. The lowest BCUT2D eigenvalue weighted by Gasteiger charge is -2.02. The average Bonchev–Trinajstić information content (AvgIpc) is 2.50. The summed E-state index contributed by atoms with van der Waals surface area (Å²) >= 11 is 6.93. The third-order valence-corrected chi connectivity index (χ3v) is 4.11. The van der Waals surface area contributed by atoms with E-state index in [1.807, 2.05) is 6.92 Å². The Balaban J connectivity index is 2.41. The number of benzene rings is 1.